The number of aliphatic hydroxyl groups excluding tert-OH is 1. The highest BCUT2D eigenvalue weighted by molar-refractivity contribution is 5.98. The van der Waals surface area contributed by atoms with E-state index in [0.717, 1.165) is 0 Å². The van der Waals surface area contributed by atoms with Gasteiger partial charge in [-0.1, -0.05) is 55.4 Å². The molecule has 0 aromatic heterocycles. The van der Waals surface area contributed by atoms with Crippen molar-refractivity contribution >= 4 is 65.2 Å². The van der Waals surface area contributed by atoms with E-state index in [1.54, 1.807) is 41.5 Å². The van der Waals surface area contributed by atoms with Crippen molar-refractivity contribution in [3.8, 4) is 0 Å². The average Bonchev–Trinajstić information content (AvgIpc) is 3.29. The zero-order chi connectivity index (χ0) is 55.4. The molecule has 0 fully saturated rings. The molecule has 0 rings (SSSR count). The second-order valence-corrected chi connectivity index (χ2v) is 19.2. The molecule has 0 unspecified atom stereocenters. The molecule has 0 bridgehead atoms. The molecular formula is C46H83N11O15. The fraction of sp³-hybridized carbons (Fsp3) is 0.761. The van der Waals surface area contributed by atoms with E-state index >= 15 is 0 Å². The summed E-state index contributed by atoms with van der Waals surface area (Å²) in [6, 6.07) is -12.4. The smallest absolute Gasteiger partial charge is 0.326 e. The largest absolute Gasteiger partial charge is 0.481 e. The average molecular weight is 1030 g/mol. The van der Waals surface area contributed by atoms with Gasteiger partial charge in [0.15, 0.2) is 0 Å². The molecule has 18 N–H and O–H groups in total. The Morgan fingerprint density at radius 3 is 1.11 bits per heavy atom. The minimum absolute atomic E-state index is 0.0292. The Bertz CT molecular complexity index is 1820. The van der Waals surface area contributed by atoms with Crippen LogP contribution in [0.1, 0.15) is 126 Å². The van der Waals surface area contributed by atoms with E-state index in [-0.39, 0.29) is 51.1 Å². The predicted molar refractivity (Wildman–Crippen MR) is 262 cm³/mol. The summed E-state index contributed by atoms with van der Waals surface area (Å²) in [6.45, 7) is 12.5. The van der Waals surface area contributed by atoms with Crippen molar-refractivity contribution < 1.29 is 73.2 Å². The molecule has 9 atom stereocenters. The molecule has 26 nitrogen and oxygen atoms in total. The summed E-state index contributed by atoms with van der Waals surface area (Å²) in [5.41, 5.74) is 17.2. The minimum Gasteiger partial charge on any atom is -0.481 e. The molecular weight excluding hydrogens is 947 g/mol. The van der Waals surface area contributed by atoms with Gasteiger partial charge in [-0.3, -0.25) is 47.9 Å². The number of nitrogens with two attached hydrogens (primary N) is 3. The summed E-state index contributed by atoms with van der Waals surface area (Å²) in [4.78, 5) is 143. The molecule has 0 heterocycles. The second kappa shape index (κ2) is 34.4. The SMILES string of the molecule is CC(C)C[C@H](NC(=O)[C@@H](N)CCC(=O)O)C(=O)N[C@H](C(=O)N[C@@H](CCCCN)C(=O)N[C@@H](CCC(=O)O)C(=O)N[C@H](C(=O)N[C@@H](CO)C(=O)N[C@@H](CCCCN)C(=O)N[C@H](C(=O)O)C(C)C)C(C)C)C(C)C. The lowest BCUT2D eigenvalue weighted by Crippen LogP contribution is -2.62. The highest BCUT2D eigenvalue weighted by Gasteiger charge is 2.36. The van der Waals surface area contributed by atoms with E-state index in [1.807, 2.05) is 0 Å². The number of rotatable bonds is 37. The third kappa shape index (κ3) is 25.4. The Morgan fingerprint density at radius 2 is 0.736 bits per heavy atom. The fourth-order valence-corrected chi connectivity index (χ4v) is 7.06. The first-order valence-corrected chi connectivity index (χ1v) is 24.5. The molecule has 0 spiro atoms. The maximum atomic E-state index is 14.0. The lowest BCUT2D eigenvalue weighted by Gasteiger charge is -2.29. The number of aliphatic hydroxyl groups is 1. The van der Waals surface area contributed by atoms with E-state index in [9.17, 15) is 68.1 Å². The van der Waals surface area contributed by atoms with Gasteiger partial charge in [0.1, 0.15) is 48.3 Å². The summed E-state index contributed by atoms with van der Waals surface area (Å²) in [5.74, 6) is -12.9. The molecule has 0 aliphatic heterocycles. The first-order chi connectivity index (χ1) is 33.6. The summed E-state index contributed by atoms with van der Waals surface area (Å²) in [6.07, 6.45) is -0.106. The van der Waals surface area contributed by atoms with Gasteiger partial charge in [-0.25, -0.2) is 4.79 Å². The number of carboxylic acids is 3. The quantitative estimate of drug-likeness (QED) is 0.0281. The molecule has 8 amide bonds. The van der Waals surface area contributed by atoms with Crippen molar-refractivity contribution in [2.75, 3.05) is 19.7 Å². The van der Waals surface area contributed by atoms with E-state index in [1.165, 1.54) is 13.8 Å². The van der Waals surface area contributed by atoms with Crippen LogP contribution in [-0.4, -0.2) is 160 Å². The van der Waals surface area contributed by atoms with Crippen LogP contribution in [0.15, 0.2) is 0 Å². The van der Waals surface area contributed by atoms with E-state index in [0.29, 0.717) is 25.7 Å². The monoisotopic (exact) mass is 1030 g/mol. The Labute approximate surface area is 421 Å². The molecule has 0 aliphatic rings. The van der Waals surface area contributed by atoms with Gasteiger partial charge in [0, 0.05) is 12.8 Å². The maximum Gasteiger partial charge on any atom is 0.326 e. The van der Waals surface area contributed by atoms with Gasteiger partial charge in [0.25, 0.3) is 0 Å². The number of aliphatic carboxylic acids is 3. The van der Waals surface area contributed by atoms with Crippen LogP contribution >= 0.6 is 0 Å². The Kier molecular flexibility index (Phi) is 31.5. The molecule has 412 valence electrons. The summed E-state index contributed by atoms with van der Waals surface area (Å²) in [7, 11) is 0. The van der Waals surface area contributed by atoms with Crippen molar-refractivity contribution in [1.29, 1.82) is 0 Å². The van der Waals surface area contributed by atoms with Gasteiger partial charge in [-0.2, -0.15) is 0 Å². The van der Waals surface area contributed by atoms with Gasteiger partial charge < -0.3 is 80.2 Å². The molecule has 0 radical (unpaired) electrons. The lowest BCUT2D eigenvalue weighted by molar-refractivity contribution is -0.143. The highest BCUT2D eigenvalue weighted by atomic mass is 16.4. The normalized spacial score (nSPS) is 15.1. The molecule has 0 saturated heterocycles. The van der Waals surface area contributed by atoms with E-state index < -0.39 is 157 Å². The first kappa shape index (κ1) is 66.0. The van der Waals surface area contributed by atoms with E-state index in [2.05, 4.69) is 42.5 Å². The van der Waals surface area contributed by atoms with Crippen LogP contribution in [0.3, 0.4) is 0 Å². The van der Waals surface area contributed by atoms with Gasteiger partial charge in [-0.15, -0.1) is 0 Å². The zero-order valence-corrected chi connectivity index (χ0v) is 42.9. The maximum absolute atomic E-state index is 14.0. The van der Waals surface area contributed by atoms with Crippen LogP contribution in [0, 0.1) is 23.7 Å². The third-order valence-electron chi connectivity index (χ3n) is 11.3. The second-order valence-electron chi connectivity index (χ2n) is 19.2. The van der Waals surface area contributed by atoms with Crippen molar-refractivity contribution in [1.82, 2.24) is 42.5 Å². The van der Waals surface area contributed by atoms with Gasteiger partial charge in [0.05, 0.1) is 12.6 Å². The standard InChI is InChI=1S/C46H83N11O15/c1-23(2)21-31(53-38(63)27(49)15-17-33(59)60)42(67)56-35(24(3)4)44(69)52-28(13-9-11-19-47)39(64)51-30(16-18-34(61)62)41(66)55-36(25(5)6)45(70)54-32(22-58)43(68)50-29(14-10-12-20-48)40(65)57-37(26(7)8)46(71)72/h23-32,35-37,58H,9-22,47-49H2,1-8H3,(H,50,68)(H,51,64)(H,52,69)(H,53,63)(H,54,70)(H,55,66)(H,56,67)(H,57,65)(H,59,60)(H,61,62)(H,71,72)/t27-,28-,29-,30-,31-,32-,35-,36-,37-/m0/s1. The number of carbonyl (C=O) groups excluding carboxylic acids is 8. The zero-order valence-electron chi connectivity index (χ0n) is 42.9. The number of hydrogen-bond donors (Lipinski definition) is 15. The number of nitrogens with one attached hydrogen (secondary N) is 8. The van der Waals surface area contributed by atoms with Crippen LogP contribution in [-0.2, 0) is 52.7 Å². The van der Waals surface area contributed by atoms with Crippen molar-refractivity contribution in [2.24, 2.45) is 40.9 Å². The van der Waals surface area contributed by atoms with Crippen molar-refractivity contribution in [3.05, 3.63) is 0 Å². The number of hydrogen-bond acceptors (Lipinski definition) is 15. The highest BCUT2D eigenvalue weighted by Crippen LogP contribution is 2.13. The minimum atomic E-state index is -1.69. The molecule has 72 heavy (non-hydrogen) atoms. The first-order valence-electron chi connectivity index (χ1n) is 24.5. The van der Waals surface area contributed by atoms with Gasteiger partial charge >= 0.3 is 17.9 Å². The van der Waals surface area contributed by atoms with Crippen LogP contribution in [0.5, 0.6) is 0 Å². The van der Waals surface area contributed by atoms with Gasteiger partial charge in [0.2, 0.25) is 47.3 Å². The number of amides is 8. The lowest BCUT2D eigenvalue weighted by atomic mass is 9.98. The Hall–Kier alpha value is -5.99. The topological polar surface area (TPSA) is 443 Å². The van der Waals surface area contributed by atoms with Crippen LogP contribution in [0.4, 0.5) is 0 Å². The molecule has 26 heteroatoms. The number of carboxylic acid groups (broad SMARTS) is 3. The van der Waals surface area contributed by atoms with Crippen LogP contribution in [0.25, 0.3) is 0 Å². The third-order valence-corrected chi connectivity index (χ3v) is 11.3. The molecule has 0 aromatic rings. The predicted octanol–water partition coefficient (Wildman–Crippen LogP) is -2.73. The molecule has 0 aromatic carbocycles. The fourth-order valence-electron chi connectivity index (χ4n) is 7.06. The summed E-state index contributed by atoms with van der Waals surface area (Å²) >= 11 is 0. The Balaban J connectivity index is 6.52. The molecule has 0 saturated carbocycles. The van der Waals surface area contributed by atoms with Crippen molar-refractivity contribution in [2.45, 2.75) is 180 Å². The van der Waals surface area contributed by atoms with Crippen LogP contribution < -0.4 is 59.7 Å². The van der Waals surface area contributed by atoms with Crippen molar-refractivity contribution in [3.63, 3.8) is 0 Å². The number of unbranched alkanes of at least 4 members (excludes halogenated alkanes) is 2. The summed E-state index contributed by atoms with van der Waals surface area (Å²) in [5, 5.41) is 58.2. The van der Waals surface area contributed by atoms with Crippen LogP contribution in [0.2, 0.25) is 0 Å². The van der Waals surface area contributed by atoms with E-state index in [4.69, 9.17) is 22.3 Å². The molecule has 0 aliphatic carbocycles. The van der Waals surface area contributed by atoms with Gasteiger partial charge in [-0.05, 0) is 94.5 Å². The Morgan fingerprint density at radius 1 is 0.403 bits per heavy atom. The number of carbonyl (C=O) groups is 11. The summed E-state index contributed by atoms with van der Waals surface area (Å²) < 4.78 is 0.